The number of likely N-dealkylation sites (N-methyl/N-ethyl adjacent to an activating group) is 1. The molecule has 0 bridgehead atoms. The molecule has 0 atom stereocenters. The number of carbonyl (C=O) groups is 1. The molecule has 0 aliphatic heterocycles. The Kier molecular flexibility index (Phi) is 6.88. The van der Waals surface area contributed by atoms with E-state index < -0.39 is 21.7 Å². The molecule has 1 N–H and O–H groups in total. The van der Waals surface area contributed by atoms with Gasteiger partial charge in [0.05, 0.1) is 11.4 Å². The highest BCUT2D eigenvalue weighted by Gasteiger charge is 2.23. The molecule has 2 aromatic carbocycles. The van der Waals surface area contributed by atoms with Crippen LogP contribution in [-0.2, 0) is 21.2 Å². The molecule has 1 amide bonds. The molecule has 2 aromatic rings. The van der Waals surface area contributed by atoms with Crippen molar-refractivity contribution >= 4 is 21.6 Å². The van der Waals surface area contributed by atoms with E-state index in [9.17, 15) is 17.6 Å². The summed E-state index contributed by atoms with van der Waals surface area (Å²) in [6.45, 7) is 1.79. The topological polar surface area (TPSA) is 66.5 Å². The van der Waals surface area contributed by atoms with Crippen molar-refractivity contribution in [3.8, 4) is 0 Å². The summed E-state index contributed by atoms with van der Waals surface area (Å²) in [7, 11) is -2.54. The number of anilines is 1. The minimum absolute atomic E-state index is 0.0607. The first-order chi connectivity index (χ1) is 12.3. The molecule has 0 aliphatic carbocycles. The second-order valence-electron chi connectivity index (χ2n) is 6.06. The lowest BCUT2D eigenvalue weighted by Crippen LogP contribution is -2.34. The number of hydrogen-bond acceptors (Lipinski definition) is 3. The molecule has 0 radical (unpaired) electrons. The standard InChI is InChI=1S/C19H23FN2O3S/c1-3-4-5-15-6-10-17(11-7-15)21-19(23)14-22(2)26(24,25)18-12-8-16(20)9-13-18/h6-13H,3-5,14H2,1-2H3,(H,21,23). The highest BCUT2D eigenvalue weighted by Crippen LogP contribution is 2.15. The number of carbonyl (C=O) groups excluding carboxylic acids is 1. The number of amides is 1. The fraction of sp³-hybridized carbons (Fsp3) is 0.316. The quantitative estimate of drug-likeness (QED) is 0.765. The van der Waals surface area contributed by atoms with Gasteiger partial charge in [0.1, 0.15) is 5.82 Å². The van der Waals surface area contributed by atoms with Crippen molar-refractivity contribution in [2.24, 2.45) is 0 Å². The summed E-state index contributed by atoms with van der Waals surface area (Å²) in [5.41, 5.74) is 1.81. The summed E-state index contributed by atoms with van der Waals surface area (Å²) in [5.74, 6) is -0.966. The van der Waals surface area contributed by atoms with Crippen molar-refractivity contribution in [3.63, 3.8) is 0 Å². The minimum atomic E-state index is -3.85. The molecule has 0 fully saturated rings. The van der Waals surface area contributed by atoms with E-state index in [-0.39, 0.29) is 11.4 Å². The van der Waals surface area contributed by atoms with Gasteiger partial charge >= 0.3 is 0 Å². The normalized spacial score (nSPS) is 11.5. The summed E-state index contributed by atoms with van der Waals surface area (Å²) in [6, 6.07) is 12.0. The van der Waals surface area contributed by atoms with Crippen molar-refractivity contribution in [3.05, 3.63) is 59.9 Å². The maximum absolute atomic E-state index is 13.0. The molecular weight excluding hydrogens is 355 g/mol. The van der Waals surface area contributed by atoms with Crippen LogP contribution in [0.1, 0.15) is 25.3 Å². The van der Waals surface area contributed by atoms with E-state index in [1.54, 1.807) is 12.1 Å². The zero-order chi connectivity index (χ0) is 19.2. The predicted molar refractivity (Wildman–Crippen MR) is 99.9 cm³/mol. The van der Waals surface area contributed by atoms with Crippen LogP contribution in [0.2, 0.25) is 0 Å². The maximum Gasteiger partial charge on any atom is 0.243 e. The molecule has 2 rings (SSSR count). The van der Waals surface area contributed by atoms with Crippen LogP contribution in [0.4, 0.5) is 10.1 Å². The molecule has 0 saturated carbocycles. The van der Waals surface area contributed by atoms with E-state index in [1.165, 1.54) is 24.7 Å². The van der Waals surface area contributed by atoms with E-state index >= 15 is 0 Å². The molecule has 0 aromatic heterocycles. The number of hydrogen-bond donors (Lipinski definition) is 1. The Hall–Kier alpha value is -2.25. The van der Waals surface area contributed by atoms with Crippen LogP contribution in [0.25, 0.3) is 0 Å². The molecular formula is C19H23FN2O3S. The van der Waals surface area contributed by atoms with Crippen LogP contribution < -0.4 is 5.32 Å². The van der Waals surface area contributed by atoms with E-state index in [2.05, 4.69) is 12.2 Å². The lowest BCUT2D eigenvalue weighted by molar-refractivity contribution is -0.116. The highest BCUT2D eigenvalue weighted by molar-refractivity contribution is 7.89. The molecule has 0 saturated heterocycles. The zero-order valence-electron chi connectivity index (χ0n) is 14.9. The number of nitrogens with zero attached hydrogens (tertiary/aromatic N) is 1. The van der Waals surface area contributed by atoms with Crippen molar-refractivity contribution in [2.45, 2.75) is 31.1 Å². The van der Waals surface area contributed by atoms with Crippen LogP contribution in [0.15, 0.2) is 53.4 Å². The number of halogens is 1. The van der Waals surface area contributed by atoms with Gasteiger partial charge in [0, 0.05) is 12.7 Å². The SMILES string of the molecule is CCCCc1ccc(NC(=O)CN(C)S(=O)(=O)c2ccc(F)cc2)cc1. The number of sulfonamides is 1. The Labute approximate surface area is 153 Å². The van der Waals surface area contributed by atoms with Gasteiger partial charge in [-0.2, -0.15) is 4.31 Å². The summed E-state index contributed by atoms with van der Waals surface area (Å²) in [6.07, 6.45) is 3.22. The van der Waals surface area contributed by atoms with Crippen molar-refractivity contribution in [1.82, 2.24) is 4.31 Å². The van der Waals surface area contributed by atoms with Gasteiger partial charge in [0.15, 0.2) is 0 Å². The number of nitrogens with one attached hydrogen (secondary N) is 1. The molecule has 0 aliphatic rings. The van der Waals surface area contributed by atoms with Crippen LogP contribution in [0, 0.1) is 5.82 Å². The van der Waals surface area contributed by atoms with Gasteiger partial charge in [0.25, 0.3) is 0 Å². The summed E-state index contributed by atoms with van der Waals surface area (Å²) in [4.78, 5) is 12.1. The minimum Gasteiger partial charge on any atom is -0.325 e. The predicted octanol–water partition coefficient (Wildman–Crippen LogP) is 3.43. The van der Waals surface area contributed by atoms with E-state index in [4.69, 9.17) is 0 Å². The van der Waals surface area contributed by atoms with Crippen LogP contribution in [0.5, 0.6) is 0 Å². The van der Waals surface area contributed by atoms with Crippen LogP contribution in [-0.4, -0.2) is 32.2 Å². The molecule has 0 unspecified atom stereocenters. The number of aryl methyl sites for hydroxylation is 1. The van der Waals surface area contributed by atoms with Gasteiger partial charge in [0.2, 0.25) is 15.9 Å². The molecule has 7 heteroatoms. The highest BCUT2D eigenvalue weighted by atomic mass is 32.2. The van der Waals surface area contributed by atoms with Gasteiger partial charge in [-0.15, -0.1) is 0 Å². The lowest BCUT2D eigenvalue weighted by atomic mass is 10.1. The second-order valence-corrected chi connectivity index (χ2v) is 8.11. The smallest absolute Gasteiger partial charge is 0.243 e. The van der Waals surface area contributed by atoms with Crippen LogP contribution >= 0.6 is 0 Å². The largest absolute Gasteiger partial charge is 0.325 e. The van der Waals surface area contributed by atoms with E-state index in [0.717, 1.165) is 35.7 Å². The fourth-order valence-corrected chi connectivity index (χ4v) is 3.54. The Balaban J connectivity index is 1.97. The van der Waals surface area contributed by atoms with Crippen molar-refractivity contribution in [1.29, 1.82) is 0 Å². The monoisotopic (exact) mass is 378 g/mol. The summed E-state index contributed by atoms with van der Waals surface area (Å²) >= 11 is 0. The Bertz CT molecular complexity index is 834. The third-order valence-corrected chi connectivity index (χ3v) is 5.76. The van der Waals surface area contributed by atoms with Crippen molar-refractivity contribution in [2.75, 3.05) is 18.9 Å². The lowest BCUT2D eigenvalue weighted by Gasteiger charge is -2.17. The number of rotatable bonds is 8. The average molecular weight is 378 g/mol. The van der Waals surface area contributed by atoms with Gasteiger partial charge < -0.3 is 5.32 Å². The Morgan fingerprint density at radius 3 is 2.27 bits per heavy atom. The Morgan fingerprint density at radius 1 is 1.08 bits per heavy atom. The maximum atomic E-state index is 13.0. The van der Waals surface area contributed by atoms with Gasteiger partial charge in [-0.25, -0.2) is 12.8 Å². The van der Waals surface area contributed by atoms with Gasteiger partial charge in [-0.1, -0.05) is 25.5 Å². The molecule has 26 heavy (non-hydrogen) atoms. The number of benzene rings is 2. The fourth-order valence-electron chi connectivity index (χ4n) is 2.41. The third-order valence-electron chi connectivity index (χ3n) is 3.94. The first-order valence-corrected chi connectivity index (χ1v) is 9.87. The average Bonchev–Trinajstić information content (AvgIpc) is 2.61. The van der Waals surface area contributed by atoms with Crippen LogP contribution in [0.3, 0.4) is 0 Å². The summed E-state index contributed by atoms with van der Waals surface area (Å²) in [5, 5.41) is 2.68. The third kappa shape index (κ3) is 5.37. The first-order valence-electron chi connectivity index (χ1n) is 8.43. The second kappa shape index (κ2) is 8.91. The molecule has 0 heterocycles. The van der Waals surface area contributed by atoms with E-state index in [1.807, 2.05) is 12.1 Å². The molecule has 5 nitrogen and oxygen atoms in total. The Morgan fingerprint density at radius 2 is 1.69 bits per heavy atom. The van der Waals surface area contributed by atoms with Gasteiger partial charge in [-0.05, 0) is 54.8 Å². The zero-order valence-corrected chi connectivity index (χ0v) is 15.7. The first kappa shape index (κ1) is 20.1. The van der Waals surface area contributed by atoms with E-state index in [0.29, 0.717) is 5.69 Å². The van der Waals surface area contributed by atoms with Gasteiger partial charge in [-0.3, -0.25) is 4.79 Å². The van der Waals surface area contributed by atoms with Crippen molar-refractivity contribution < 1.29 is 17.6 Å². The number of unbranched alkanes of at least 4 members (excludes halogenated alkanes) is 1. The molecule has 140 valence electrons. The summed E-state index contributed by atoms with van der Waals surface area (Å²) < 4.78 is 38.7. The molecule has 0 spiro atoms.